The van der Waals surface area contributed by atoms with Gasteiger partial charge in [0, 0.05) is 34.5 Å². The molecule has 240 valence electrons. The SMILES string of the molecule is CC1(C)c2cc(C#N)ccc2-c2ccc(-c3cc(-c4ccncc4)cc(-c4nc(-c5ccccc5)nc(-c5cccc6ccccc56)n4)c3)cc21. The van der Waals surface area contributed by atoms with Crippen molar-refractivity contribution in [3.05, 3.63) is 169 Å². The zero-order valence-electron chi connectivity index (χ0n) is 28.2. The summed E-state index contributed by atoms with van der Waals surface area (Å²) in [4.78, 5) is 19.6. The van der Waals surface area contributed by atoms with Crippen molar-refractivity contribution in [2.45, 2.75) is 19.3 Å². The monoisotopic (exact) mass is 653 g/mol. The summed E-state index contributed by atoms with van der Waals surface area (Å²) in [6, 6.07) is 50.4. The fraction of sp³-hybridized carbons (Fsp3) is 0.0652. The molecule has 0 atom stereocenters. The van der Waals surface area contributed by atoms with Gasteiger partial charge in [-0.3, -0.25) is 4.98 Å². The number of hydrogen-bond donors (Lipinski definition) is 0. The average molecular weight is 654 g/mol. The molecular weight excluding hydrogens is 623 g/mol. The molecule has 0 N–H and O–H groups in total. The van der Waals surface area contributed by atoms with Crippen LogP contribution in [0, 0.1) is 11.3 Å². The highest BCUT2D eigenvalue weighted by Gasteiger charge is 2.36. The summed E-state index contributed by atoms with van der Waals surface area (Å²) >= 11 is 0. The van der Waals surface area contributed by atoms with Gasteiger partial charge in [-0.05, 0) is 104 Å². The van der Waals surface area contributed by atoms with E-state index in [1.165, 1.54) is 22.3 Å². The molecule has 0 bridgehead atoms. The minimum Gasteiger partial charge on any atom is -0.265 e. The van der Waals surface area contributed by atoms with E-state index in [1.54, 1.807) is 0 Å². The zero-order valence-corrected chi connectivity index (χ0v) is 28.2. The van der Waals surface area contributed by atoms with Crippen LogP contribution in [-0.2, 0) is 5.41 Å². The van der Waals surface area contributed by atoms with E-state index < -0.39 is 0 Å². The topological polar surface area (TPSA) is 75.3 Å². The van der Waals surface area contributed by atoms with Crippen LogP contribution in [0.15, 0.2) is 152 Å². The maximum absolute atomic E-state index is 9.63. The molecule has 51 heavy (non-hydrogen) atoms. The van der Waals surface area contributed by atoms with Crippen molar-refractivity contribution in [3.8, 4) is 73.6 Å². The highest BCUT2D eigenvalue weighted by atomic mass is 15.0. The van der Waals surface area contributed by atoms with Crippen LogP contribution in [0.1, 0.15) is 30.5 Å². The fourth-order valence-corrected chi connectivity index (χ4v) is 7.38. The van der Waals surface area contributed by atoms with Crippen LogP contribution >= 0.6 is 0 Å². The highest BCUT2D eigenvalue weighted by Crippen LogP contribution is 2.50. The first-order valence-electron chi connectivity index (χ1n) is 17.0. The molecule has 2 aromatic heterocycles. The molecule has 0 spiro atoms. The summed E-state index contributed by atoms with van der Waals surface area (Å²) in [7, 11) is 0. The molecule has 1 aliphatic carbocycles. The van der Waals surface area contributed by atoms with Crippen molar-refractivity contribution in [1.29, 1.82) is 5.26 Å². The van der Waals surface area contributed by atoms with Crippen LogP contribution in [-0.4, -0.2) is 19.9 Å². The second-order valence-corrected chi connectivity index (χ2v) is 13.5. The van der Waals surface area contributed by atoms with Crippen LogP contribution in [0.2, 0.25) is 0 Å². The van der Waals surface area contributed by atoms with Crippen LogP contribution in [0.25, 0.3) is 78.3 Å². The third-order valence-corrected chi connectivity index (χ3v) is 10.0. The lowest BCUT2D eigenvalue weighted by Crippen LogP contribution is -2.15. The largest absolute Gasteiger partial charge is 0.265 e. The van der Waals surface area contributed by atoms with Crippen molar-refractivity contribution < 1.29 is 0 Å². The lowest BCUT2D eigenvalue weighted by atomic mass is 9.81. The second kappa shape index (κ2) is 12.0. The maximum Gasteiger partial charge on any atom is 0.164 e. The molecule has 0 radical (unpaired) electrons. The van der Waals surface area contributed by atoms with E-state index in [4.69, 9.17) is 15.0 Å². The minimum absolute atomic E-state index is 0.259. The molecule has 1 aliphatic rings. The van der Waals surface area contributed by atoms with Crippen LogP contribution < -0.4 is 0 Å². The molecule has 6 aromatic carbocycles. The highest BCUT2D eigenvalue weighted by molar-refractivity contribution is 5.95. The Bertz CT molecular complexity index is 2670. The number of rotatable bonds is 5. The van der Waals surface area contributed by atoms with Crippen LogP contribution in [0.3, 0.4) is 0 Å². The minimum atomic E-state index is -0.259. The van der Waals surface area contributed by atoms with Gasteiger partial charge in [0.15, 0.2) is 17.5 Å². The molecule has 8 aromatic rings. The Morgan fingerprint density at radius 2 is 1.10 bits per heavy atom. The van der Waals surface area contributed by atoms with E-state index in [-0.39, 0.29) is 5.41 Å². The van der Waals surface area contributed by atoms with Crippen molar-refractivity contribution in [2.75, 3.05) is 0 Å². The molecule has 0 unspecified atom stereocenters. The predicted octanol–water partition coefficient (Wildman–Crippen LogP) is 10.9. The van der Waals surface area contributed by atoms with E-state index in [1.807, 2.05) is 67.0 Å². The van der Waals surface area contributed by atoms with Crippen molar-refractivity contribution >= 4 is 10.8 Å². The normalized spacial score (nSPS) is 12.6. The van der Waals surface area contributed by atoms with Gasteiger partial charge in [0.1, 0.15) is 0 Å². The van der Waals surface area contributed by atoms with Crippen molar-refractivity contribution in [2.24, 2.45) is 0 Å². The molecule has 0 aliphatic heterocycles. The standard InChI is InChI=1S/C46H31N5/c1-46(2)41-23-29(28-47)15-17-38(41)39-18-16-33(27-42(39)46)35-24-34(30-19-21-48-22-20-30)25-36(26-35)44-49-43(32-10-4-3-5-11-32)50-45(51-44)40-14-8-12-31-9-6-7-13-37(31)40/h3-27H,1-2H3. The van der Waals surface area contributed by atoms with Gasteiger partial charge in [-0.25, -0.2) is 15.0 Å². The van der Waals surface area contributed by atoms with Crippen LogP contribution in [0.4, 0.5) is 0 Å². The van der Waals surface area contributed by atoms with Gasteiger partial charge >= 0.3 is 0 Å². The van der Waals surface area contributed by atoms with Gasteiger partial charge in [0.2, 0.25) is 0 Å². The first kappa shape index (κ1) is 30.3. The Morgan fingerprint density at radius 1 is 0.471 bits per heavy atom. The van der Waals surface area contributed by atoms with Gasteiger partial charge in [-0.2, -0.15) is 5.26 Å². The number of benzene rings is 6. The quantitative estimate of drug-likeness (QED) is 0.185. The van der Waals surface area contributed by atoms with E-state index in [9.17, 15) is 5.26 Å². The maximum atomic E-state index is 9.63. The summed E-state index contributed by atoms with van der Waals surface area (Å²) < 4.78 is 0. The van der Waals surface area contributed by atoms with E-state index in [0.29, 0.717) is 23.0 Å². The van der Waals surface area contributed by atoms with E-state index in [2.05, 4.69) is 110 Å². The fourth-order valence-electron chi connectivity index (χ4n) is 7.38. The van der Waals surface area contributed by atoms with E-state index in [0.717, 1.165) is 49.7 Å². The van der Waals surface area contributed by atoms with Crippen molar-refractivity contribution in [1.82, 2.24) is 19.9 Å². The van der Waals surface area contributed by atoms with Gasteiger partial charge in [-0.15, -0.1) is 0 Å². The summed E-state index contributed by atoms with van der Waals surface area (Å²) in [6.45, 7) is 4.48. The summed E-state index contributed by atoms with van der Waals surface area (Å²) in [6.07, 6.45) is 3.64. The van der Waals surface area contributed by atoms with Gasteiger partial charge < -0.3 is 0 Å². The molecule has 5 heteroatoms. The third-order valence-electron chi connectivity index (χ3n) is 10.0. The predicted molar refractivity (Wildman–Crippen MR) is 205 cm³/mol. The molecule has 0 saturated carbocycles. The molecule has 0 fully saturated rings. The number of nitriles is 1. The Morgan fingerprint density at radius 3 is 1.88 bits per heavy atom. The van der Waals surface area contributed by atoms with Crippen molar-refractivity contribution in [3.63, 3.8) is 0 Å². The number of aromatic nitrogens is 4. The lowest BCUT2D eigenvalue weighted by Gasteiger charge is -2.22. The summed E-state index contributed by atoms with van der Waals surface area (Å²) in [5.74, 6) is 1.84. The Labute approximate surface area is 296 Å². The third kappa shape index (κ3) is 5.26. The second-order valence-electron chi connectivity index (χ2n) is 13.5. The Balaban J connectivity index is 1.25. The Hall–Kier alpha value is -6.77. The van der Waals surface area contributed by atoms with Gasteiger partial charge in [0.25, 0.3) is 0 Å². The number of pyridine rings is 1. The smallest absolute Gasteiger partial charge is 0.164 e. The molecule has 5 nitrogen and oxygen atoms in total. The van der Waals surface area contributed by atoms with Gasteiger partial charge in [0.05, 0.1) is 11.6 Å². The van der Waals surface area contributed by atoms with Crippen LogP contribution in [0.5, 0.6) is 0 Å². The van der Waals surface area contributed by atoms with Gasteiger partial charge in [-0.1, -0.05) is 105 Å². The Kier molecular flexibility index (Phi) is 7.12. The lowest BCUT2D eigenvalue weighted by molar-refractivity contribution is 0.660. The average Bonchev–Trinajstić information content (AvgIpc) is 3.42. The molecule has 0 saturated heterocycles. The summed E-state index contributed by atoms with van der Waals surface area (Å²) in [5, 5.41) is 11.9. The number of hydrogen-bond acceptors (Lipinski definition) is 5. The first-order valence-corrected chi connectivity index (χ1v) is 17.0. The summed E-state index contributed by atoms with van der Waals surface area (Å²) in [5.41, 5.74) is 12.3. The zero-order chi connectivity index (χ0) is 34.5. The molecular formula is C46H31N5. The molecule has 0 amide bonds. The van der Waals surface area contributed by atoms with E-state index >= 15 is 0 Å². The first-order chi connectivity index (χ1) is 25.0. The molecule has 2 heterocycles. The number of nitrogens with zero attached hydrogens (tertiary/aromatic N) is 5. The molecule has 9 rings (SSSR count). The number of fused-ring (bicyclic) bond motifs is 4.